The van der Waals surface area contributed by atoms with Gasteiger partial charge >= 0.3 is 5.97 Å². The maximum Gasteiger partial charge on any atom is 0.303 e. The van der Waals surface area contributed by atoms with Crippen LogP contribution in [-0.4, -0.2) is 29.4 Å². The quantitative estimate of drug-likeness (QED) is 0.377. The van der Waals surface area contributed by atoms with E-state index < -0.39 is 5.97 Å². The van der Waals surface area contributed by atoms with Gasteiger partial charge in [-0.1, -0.05) is 51.9 Å². The van der Waals surface area contributed by atoms with E-state index in [0.717, 1.165) is 12.8 Å². The largest absolute Gasteiger partial charge is 0.481 e. The molecule has 156 valence electrons. The number of nitrogens with one attached hydrogen (secondary N) is 2. The second kappa shape index (κ2) is 14.7. The van der Waals surface area contributed by atoms with Gasteiger partial charge in [0, 0.05) is 30.6 Å². The second-order valence-electron chi connectivity index (χ2n) is 7.10. The number of anilines is 1. The Balaban J connectivity index is 2.19. The van der Waals surface area contributed by atoms with E-state index in [4.69, 9.17) is 5.11 Å². The number of hydrogen-bond acceptors (Lipinski definition) is 3. The first-order chi connectivity index (χ1) is 13.5. The van der Waals surface area contributed by atoms with Gasteiger partial charge in [-0.15, -0.1) is 0 Å². The third-order valence-electron chi connectivity index (χ3n) is 4.54. The molecular weight excluding hydrogens is 356 g/mol. The molecule has 6 nitrogen and oxygen atoms in total. The number of carbonyl (C=O) groups excluding carboxylic acids is 2. The monoisotopic (exact) mass is 390 g/mol. The van der Waals surface area contributed by atoms with Crippen molar-refractivity contribution < 1.29 is 19.5 Å². The molecule has 0 aliphatic carbocycles. The average molecular weight is 391 g/mol. The van der Waals surface area contributed by atoms with E-state index in [-0.39, 0.29) is 24.7 Å². The van der Waals surface area contributed by atoms with Crippen molar-refractivity contribution >= 4 is 23.5 Å². The molecular formula is C22H34N2O4. The molecule has 0 aromatic heterocycles. The average Bonchev–Trinajstić information content (AvgIpc) is 2.66. The lowest BCUT2D eigenvalue weighted by Gasteiger charge is -2.08. The molecule has 0 fully saturated rings. The van der Waals surface area contributed by atoms with Crippen LogP contribution in [-0.2, 0) is 9.59 Å². The van der Waals surface area contributed by atoms with Gasteiger partial charge in [0.25, 0.3) is 5.91 Å². The Hall–Kier alpha value is -2.37. The van der Waals surface area contributed by atoms with Gasteiger partial charge in [0.05, 0.1) is 0 Å². The zero-order valence-corrected chi connectivity index (χ0v) is 17.0. The van der Waals surface area contributed by atoms with Crippen molar-refractivity contribution in [1.82, 2.24) is 5.32 Å². The van der Waals surface area contributed by atoms with Crippen LogP contribution in [0.5, 0.6) is 0 Å². The summed E-state index contributed by atoms with van der Waals surface area (Å²) < 4.78 is 0. The van der Waals surface area contributed by atoms with Crippen LogP contribution in [0.15, 0.2) is 24.3 Å². The lowest BCUT2D eigenvalue weighted by molar-refractivity contribution is -0.137. The summed E-state index contributed by atoms with van der Waals surface area (Å²) in [6, 6.07) is 6.71. The SMILES string of the molecule is CCCCCCCCCCNC(=O)c1ccc(NC(=O)CCCC(=O)O)cc1. The van der Waals surface area contributed by atoms with Gasteiger partial charge in [-0.2, -0.15) is 0 Å². The number of benzene rings is 1. The van der Waals surface area contributed by atoms with Crippen LogP contribution in [0.3, 0.4) is 0 Å². The first-order valence-corrected chi connectivity index (χ1v) is 10.4. The van der Waals surface area contributed by atoms with Gasteiger partial charge < -0.3 is 15.7 Å². The smallest absolute Gasteiger partial charge is 0.303 e. The molecule has 0 radical (unpaired) electrons. The fourth-order valence-corrected chi connectivity index (χ4v) is 2.89. The summed E-state index contributed by atoms with van der Waals surface area (Å²) in [4.78, 5) is 34.3. The molecule has 1 aromatic rings. The molecule has 0 heterocycles. The highest BCUT2D eigenvalue weighted by atomic mass is 16.4. The Morgan fingerprint density at radius 2 is 1.43 bits per heavy atom. The summed E-state index contributed by atoms with van der Waals surface area (Å²) in [7, 11) is 0. The molecule has 1 aromatic carbocycles. The third-order valence-corrected chi connectivity index (χ3v) is 4.54. The predicted octanol–water partition coefficient (Wildman–Crippen LogP) is 4.75. The van der Waals surface area contributed by atoms with E-state index in [1.165, 1.54) is 38.5 Å². The molecule has 0 saturated carbocycles. The van der Waals surface area contributed by atoms with Gasteiger partial charge in [-0.05, 0) is 37.1 Å². The predicted molar refractivity (Wildman–Crippen MR) is 112 cm³/mol. The number of aliphatic carboxylic acids is 1. The Bertz CT molecular complexity index is 599. The van der Waals surface area contributed by atoms with Crippen LogP contribution in [0, 0.1) is 0 Å². The summed E-state index contributed by atoms with van der Waals surface area (Å²) in [6.07, 6.45) is 10.3. The van der Waals surface area contributed by atoms with Crippen molar-refractivity contribution in [2.75, 3.05) is 11.9 Å². The molecule has 2 amide bonds. The van der Waals surface area contributed by atoms with Crippen LogP contribution in [0.4, 0.5) is 5.69 Å². The summed E-state index contributed by atoms with van der Waals surface area (Å²) in [5.74, 6) is -1.24. The minimum Gasteiger partial charge on any atom is -0.481 e. The number of hydrogen-bond donors (Lipinski definition) is 3. The molecule has 0 saturated heterocycles. The minimum atomic E-state index is -0.907. The Morgan fingerprint density at radius 1 is 0.821 bits per heavy atom. The molecule has 0 atom stereocenters. The van der Waals surface area contributed by atoms with Gasteiger partial charge in [0.1, 0.15) is 0 Å². The van der Waals surface area contributed by atoms with E-state index in [1.54, 1.807) is 24.3 Å². The van der Waals surface area contributed by atoms with E-state index in [2.05, 4.69) is 17.6 Å². The molecule has 1 rings (SSSR count). The topological polar surface area (TPSA) is 95.5 Å². The maximum atomic E-state index is 12.1. The number of carboxylic acids is 1. The van der Waals surface area contributed by atoms with Crippen LogP contribution in [0.2, 0.25) is 0 Å². The molecule has 0 unspecified atom stereocenters. The van der Waals surface area contributed by atoms with E-state index >= 15 is 0 Å². The molecule has 3 N–H and O–H groups in total. The Morgan fingerprint density at radius 3 is 2.04 bits per heavy atom. The normalized spacial score (nSPS) is 10.5. The van der Waals surface area contributed by atoms with Crippen molar-refractivity contribution in [3.05, 3.63) is 29.8 Å². The molecule has 0 spiro atoms. The zero-order valence-electron chi connectivity index (χ0n) is 17.0. The van der Waals surface area contributed by atoms with Gasteiger partial charge in [0.2, 0.25) is 5.91 Å². The number of amides is 2. The first-order valence-electron chi connectivity index (χ1n) is 10.4. The van der Waals surface area contributed by atoms with Crippen molar-refractivity contribution in [3.63, 3.8) is 0 Å². The summed E-state index contributed by atoms with van der Waals surface area (Å²) in [5.41, 5.74) is 1.16. The van der Waals surface area contributed by atoms with Gasteiger partial charge in [-0.3, -0.25) is 14.4 Å². The highest BCUT2D eigenvalue weighted by molar-refractivity contribution is 5.95. The third kappa shape index (κ3) is 11.4. The highest BCUT2D eigenvalue weighted by Gasteiger charge is 2.07. The Kier molecular flexibility index (Phi) is 12.4. The number of carbonyl (C=O) groups is 3. The Labute approximate surface area is 168 Å². The summed E-state index contributed by atoms with van der Waals surface area (Å²) >= 11 is 0. The maximum absolute atomic E-state index is 12.1. The van der Waals surface area contributed by atoms with Crippen molar-refractivity contribution in [2.24, 2.45) is 0 Å². The van der Waals surface area contributed by atoms with E-state index in [9.17, 15) is 14.4 Å². The van der Waals surface area contributed by atoms with Crippen molar-refractivity contribution in [1.29, 1.82) is 0 Å². The molecule has 28 heavy (non-hydrogen) atoms. The molecule has 0 aliphatic rings. The number of unbranched alkanes of at least 4 members (excludes halogenated alkanes) is 7. The van der Waals surface area contributed by atoms with Crippen LogP contribution in [0.1, 0.15) is 87.9 Å². The lowest BCUT2D eigenvalue weighted by Crippen LogP contribution is -2.24. The number of carboxylic acid groups (broad SMARTS) is 1. The van der Waals surface area contributed by atoms with E-state index in [0.29, 0.717) is 24.2 Å². The number of rotatable bonds is 15. The van der Waals surface area contributed by atoms with E-state index in [1.807, 2.05) is 0 Å². The fourth-order valence-electron chi connectivity index (χ4n) is 2.89. The molecule has 6 heteroatoms. The van der Waals surface area contributed by atoms with Gasteiger partial charge in [0.15, 0.2) is 0 Å². The minimum absolute atomic E-state index is 0.0224. The first kappa shape index (κ1) is 23.7. The molecule has 0 bridgehead atoms. The summed E-state index contributed by atoms with van der Waals surface area (Å²) in [6.45, 7) is 2.90. The lowest BCUT2D eigenvalue weighted by atomic mass is 10.1. The molecule has 0 aliphatic heterocycles. The van der Waals surface area contributed by atoms with Crippen LogP contribution < -0.4 is 10.6 Å². The fraction of sp³-hybridized carbons (Fsp3) is 0.591. The standard InChI is InChI=1S/C22H34N2O4/c1-2-3-4-5-6-7-8-9-17-23-22(28)18-13-15-19(16-14-18)24-20(25)11-10-12-21(26)27/h13-16H,2-12,17H2,1H3,(H,23,28)(H,24,25)(H,26,27). The second-order valence-corrected chi connectivity index (χ2v) is 7.10. The van der Waals surface area contributed by atoms with Gasteiger partial charge in [-0.25, -0.2) is 0 Å². The van der Waals surface area contributed by atoms with Crippen LogP contribution >= 0.6 is 0 Å². The van der Waals surface area contributed by atoms with Crippen LogP contribution in [0.25, 0.3) is 0 Å². The summed E-state index contributed by atoms with van der Waals surface area (Å²) in [5, 5.41) is 14.2. The van der Waals surface area contributed by atoms with Crippen molar-refractivity contribution in [3.8, 4) is 0 Å². The highest BCUT2D eigenvalue weighted by Crippen LogP contribution is 2.11. The van der Waals surface area contributed by atoms with Crippen molar-refractivity contribution in [2.45, 2.75) is 77.6 Å². The zero-order chi connectivity index (χ0) is 20.6.